The van der Waals surface area contributed by atoms with Crippen LogP contribution in [-0.2, 0) is 14.9 Å². The van der Waals surface area contributed by atoms with E-state index in [1.807, 2.05) is 26.0 Å². The van der Waals surface area contributed by atoms with Gasteiger partial charge in [-0.1, -0.05) is 13.0 Å². The highest BCUT2D eigenvalue weighted by Crippen LogP contribution is 2.21. The number of pyridine rings is 1. The van der Waals surface area contributed by atoms with E-state index in [4.69, 9.17) is 4.74 Å². The lowest BCUT2D eigenvalue weighted by Gasteiger charge is -2.31. The third-order valence-corrected chi connectivity index (χ3v) is 5.78. The summed E-state index contributed by atoms with van der Waals surface area (Å²) in [5, 5.41) is 0. The molecule has 0 aliphatic carbocycles. The monoisotopic (exact) mass is 327 g/mol. The molecule has 1 aromatic rings. The zero-order chi connectivity index (χ0) is 16.2. The third-order valence-electron chi connectivity index (χ3n) is 4.15. The molecule has 0 saturated carbocycles. The number of methoxy groups -OCH3 is 1. The predicted molar refractivity (Wildman–Crippen MR) is 85.7 cm³/mol. The van der Waals surface area contributed by atoms with Crippen molar-refractivity contribution in [1.29, 1.82) is 0 Å². The zero-order valence-corrected chi connectivity index (χ0v) is 14.3. The Hall–Kier alpha value is -1.02. The highest BCUT2D eigenvalue weighted by atomic mass is 32.2. The largest absolute Gasteiger partial charge is 0.381 e. The molecule has 1 atom stereocenters. The highest BCUT2D eigenvalue weighted by molar-refractivity contribution is 7.87. The Morgan fingerprint density at radius 2 is 2.14 bits per heavy atom. The Morgan fingerprint density at radius 3 is 2.68 bits per heavy atom. The number of ether oxygens (including phenoxy) is 1. The van der Waals surface area contributed by atoms with Crippen molar-refractivity contribution >= 4 is 10.2 Å². The molecule has 124 valence electrons. The minimum Gasteiger partial charge on any atom is -0.381 e. The molecule has 1 aliphatic rings. The van der Waals surface area contributed by atoms with E-state index in [-0.39, 0.29) is 12.1 Å². The van der Waals surface area contributed by atoms with Gasteiger partial charge in [0, 0.05) is 26.4 Å². The van der Waals surface area contributed by atoms with E-state index in [1.54, 1.807) is 13.3 Å². The molecule has 0 amide bonds. The Balaban J connectivity index is 2.08. The first kappa shape index (κ1) is 17.3. The van der Waals surface area contributed by atoms with Gasteiger partial charge >= 0.3 is 0 Å². The summed E-state index contributed by atoms with van der Waals surface area (Å²) in [4.78, 5) is 4.34. The summed E-state index contributed by atoms with van der Waals surface area (Å²) in [5.41, 5.74) is 1.79. The van der Waals surface area contributed by atoms with Crippen LogP contribution in [0.2, 0.25) is 0 Å². The Morgan fingerprint density at radius 1 is 1.45 bits per heavy atom. The molecule has 1 N–H and O–H groups in total. The molecule has 0 unspecified atom stereocenters. The van der Waals surface area contributed by atoms with Gasteiger partial charge in [-0.3, -0.25) is 4.98 Å². The average Bonchev–Trinajstić information content (AvgIpc) is 2.53. The van der Waals surface area contributed by atoms with Crippen LogP contribution in [0.25, 0.3) is 0 Å². The van der Waals surface area contributed by atoms with Crippen molar-refractivity contribution in [3.8, 4) is 0 Å². The molecule has 0 aromatic carbocycles. The lowest BCUT2D eigenvalue weighted by molar-refractivity contribution is 0.0601. The fourth-order valence-electron chi connectivity index (χ4n) is 2.76. The Kier molecular flexibility index (Phi) is 5.91. The second-order valence-corrected chi connectivity index (χ2v) is 7.33. The van der Waals surface area contributed by atoms with Crippen molar-refractivity contribution in [3.05, 3.63) is 29.6 Å². The van der Waals surface area contributed by atoms with E-state index < -0.39 is 10.2 Å². The molecular weight excluding hydrogens is 302 g/mol. The molecule has 0 spiro atoms. The van der Waals surface area contributed by atoms with Crippen LogP contribution in [-0.4, -0.2) is 44.0 Å². The first-order valence-corrected chi connectivity index (χ1v) is 9.13. The number of hydrogen-bond donors (Lipinski definition) is 1. The fourth-order valence-corrected chi connectivity index (χ4v) is 4.24. The van der Waals surface area contributed by atoms with E-state index >= 15 is 0 Å². The molecular formula is C15H25N3O3S. The molecule has 1 fully saturated rings. The first-order chi connectivity index (χ1) is 10.5. The summed E-state index contributed by atoms with van der Waals surface area (Å²) in [6.07, 6.45) is 3.98. The minimum atomic E-state index is -3.50. The van der Waals surface area contributed by atoms with Gasteiger partial charge in [-0.05, 0) is 37.8 Å². The number of piperidine rings is 1. The second kappa shape index (κ2) is 7.50. The normalized spacial score (nSPS) is 19.2. The molecule has 1 aliphatic heterocycles. The van der Waals surface area contributed by atoms with Gasteiger partial charge in [0.2, 0.25) is 0 Å². The van der Waals surface area contributed by atoms with Crippen LogP contribution in [0, 0.1) is 6.92 Å². The van der Waals surface area contributed by atoms with Crippen molar-refractivity contribution in [2.45, 2.75) is 45.3 Å². The van der Waals surface area contributed by atoms with E-state index in [0.717, 1.165) is 24.1 Å². The van der Waals surface area contributed by atoms with Crippen LogP contribution < -0.4 is 4.72 Å². The summed E-state index contributed by atoms with van der Waals surface area (Å²) in [6.45, 7) is 4.89. The van der Waals surface area contributed by atoms with Crippen LogP contribution in [0.5, 0.6) is 0 Å². The topological polar surface area (TPSA) is 71.5 Å². The van der Waals surface area contributed by atoms with Crippen LogP contribution in [0.3, 0.4) is 0 Å². The number of nitrogens with one attached hydrogen (secondary N) is 1. The molecule has 7 heteroatoms. The molecule has 1 aromatic heterocycles. The molecule has 2 rings (SSSR count). The summed E-state index contributed by atoms with van der Waals surface area (Å²) in [6, 6.07) is 3.50. The van der Waals surface area contributed by atoms with Crippen LogP contribution in [0.1, 0.15) is 43.5 Å². The van der Waals surface area contributed by atoms with Crippen molar-refractivity contribution < 1.29 is 13.2 Å². The maximum atomic E-state index is 12.6. The van der Waals surface area contributed by atoms with E-state index in [9.17, 15) is 8.42 Å². The molecule has 0 radical (unpaired) electrons. The van der Waals surface area contributed by atoms with E-state index in [1.165, 1.54) is 4.31 Å². The van der Waals surface area contributed by atoms with Crippen molar-refractivity contribution in [3.63, 3.8) is 0 Å². The van der Waals surface area contributed by atoms with E-state index in [2.05, 4.69) is 9.71 Å². The minimum absolute atomic E-state index is 0.159. The lowest BCUT2D eigenvalue weighted by atomic mass is 10.1. The Labute approximate surface area is 133 Å². The molecule has 6 nitrogen and oxygen atoms in total. The van der Waals surface area contributed by atoms with Gasteiger partial charge in [0.1, 0.15) is 0 Å². The van der Waals surface area contributed by atoms with Crippen LogP contribution in [0.15, 0.2) is 18.3 Å². The lowest BCUT2D eigenvalue weighted by Crippen LogP contribution is -2.47. The van der Waals surface area contributed by atoms with Gasteiger partial charge in [0.05, 0.1) is 17.8 Å². The second-order valence-electron chi connectivity index (χ2n) is 5.62. The molecule has 1 saturated heterocycles. The van der Waals surface area contributed by atoms with Gasteiger partial charge in [-0.15, -0.1) is 0 Å². The number of nitrogens with zero attached hydrogens (tertiary/aromatic N) is 2. The third kappa shape index (κ3) is 4.04. The van der Waals surface area contributed by atoms with Gasteiger partial charge in [-0.2, -0.15) is 17.4 Å². The molecule has 0 bridgehead atoms. The zero-order valence-electron chi connectivity index (χ0n) is 13.4. The van der Waals surface area contributed by atoms with Gasteiger partial charge in [0.25, 0.3) is 10.2 Å². The van der Waals surface area contributed by atoms with E-state index in [0.29, 0.717) is 19.5 Å². The summed E-state index contributed by atoms with van der Waals surface area (Å²) in [7, 11) is -1.83. The van der Waals surface area contributed by atoms with Crippen molar-refractivity contribution in [1.82, 2.24) is 14.0 Å². The Bertz CT molecular complexity index is 583. The smallest absolute Gasteiger partial charge is 0.280 e. The predicted octanol–water partition coefficient (Wildman–Crippen LogP) is 1.79. The molecule has 22 heavy (non-hydrogen) atoms. The van der Waals surface area contributed by atoms with Crippen molar-refractivity contribution in [2.24, 2.45) is 0 Å². The molecule has 2 heterocycles. The number of aryl methyl sites for hydroxylation is 1. The standard InChI is InChI=1S/C15H25N3O3S/c1-4-14(15-12(2)6-5-9-16-15)17-22(19,20)18-10-7-13(21-3)8-11-18/h5-6,9,13-14,17H,4,7-8,10-11H2,1-3H3/t14-/m0/s1. The maximum absolute atomic E-state index is 12.6. The number of rotatable bonds is 6. The quantitative estimate of drug-likeness (QED) is 0.864. The van der Waals surface area contributed by atoms with Crippen LogP contribution in [0.4, 0.5) is 0 Å². The van der Waals surface area contributed by atoms with Gasteiger partial charge in [-0.25, -0.2) is 0 Å². The van der Waals surface area contributed by atoms with Gasteiger partial charge < -0.3 is 4.74 Å². The fraction of sp³-hybridized carbons (Fsp3) is 0.667. The summed E-state index contributed by atoms with van der Waals surface area (Å²) >= 11 is 0. The average molecular weight is 327 g/mol. The number of hydrogen-bond acceptors (Lipinski definition) is 4. The maximum Gasteiger partial charge on any atom is 0.280 e. The summed E-state index contributed by atoms with van der Waals surface area (Å²) in [5.74, 6) is 0. The highest BCUT2D eigenvalue weighted by Gasteiger charge is 2.30. The summed E-state index contributed by atoms with van der Waals surface area (Å²) < 4.78 is 34.8. The number of aromatic nitrogens is 1. The van der Waals surface area contributed by atoms with Crippen molar-refractivity contribution in [2.75, 3.05) is 20.2 Å². The SMILES string of the molecule is CC[C@H](NS(=O)(=O)N1CCC(OC)CC1)c1ncccc1C. The first-order valence-electron chi connectivity index (χ1n) is 7.69. The van der Waals surface area contributed by atoms with Gasteiger partial charge in [0.15, 0.2) is 0 Å². The van der Waals surface area contributed by atoms with Crippen LogP contribution >= 0.6 is 0 Å².